The maximum atomic E-state index is 14.4. The van der Waals surface area contributed by atoms with Crippen LogP contribution in [0.1, 0.15) is 60.9 Å². The van der Waals surface area contributed by atoms with Crippen molar-refractivity contribution in [2.75, 3.05) is 31.9 Å². The van der Waals surface area contributed by atoms with Gasteiger partial charge < -0.3 is 20.4 Å². The molecule has 4 aliphatic heterocycles. The van der Waals surface area contributed by atoms with Crippen LogP contribution in [0.5, 0.6) is 0 Å². The Morgan fingerprint density at radius 3 is 2.56 bits per heavy atom. The monoisotopic (exact) mass is 520 g/mol. The lowest BCUT2D eigenvalue weighted by Gasteiger charge is -2.39. The molecule has 4 fully saturated rings. The lowest BCUT2D eigenvalue weighted by Crippen LogP contribution is -2.45. The zero-order valence-electron chi connectivity index (χ0n) is 20.7. The summed E-state index contributed by atoms with van der Waals surface area (Å²) in [6, 6.07) is 2.84. The molecule has 0 radical (unpaired) electrons. The van der Waals surface area contributed by atoms with Crippen LogP contribution >= 0.6 is 11.8 Å². The normalized spacial score (nSPS) is 26.8. The fourth-order valence-electron chi connectivity index (χ4n) is 6.17. The molecule has 0 bridgehead atoms. The third-order valence-corrected chi connectivity index (χ3v) is 9.98. The van der Waals surface area contributed by atoms with Crippen molar-refractivity contribution in [3.8, 4) is 0 Å². The summed E-state index contributed by atoms with van der Waals surface area (Å²) in [5.41, 5.74) is -0.224. The van der Waals surface area contributed by atoms with Crippen LogP contribution < -0.4 is 10.6 Å². The minimum absolute atomic E-state index is 0.0146. The average molecular weight is 521 g/mol. The van der Waals surface area contributed by atoms with Crippen LogP contribution in [0, 0.1) is 24.0 Å². The number of fused-ring (bicyclic) bond motifs is 1. The molecule has 2 N–H and O–H groups in total. The van der Waals surface area contributed by atoms with Crippen molar-refractivity contribution in [1.29, 1.82) is 0 Å². The zero-order chi connectivity index (χ0) is 25.4. The Bertz CT molecular complexity index is 1050. The lowest BCUT2D eigenvalue weighted by atomic mass is 9.77. The number of nitrogens with one attached hydrogen (secondary N) is 2. The van der Waals surface area contributed by atoms with Gasteiger partial charge in [0.1, 0.15) is 17.2 Å². The van der Waals surface area contributed by atoms with Gasteiger partial charge in [-0.2, -0.15) is 11.8 Å². The number of halogens is 2. The minimum atomic E-state index is -0.822. The first kappa shape index (κ1) is 25.3. The smallest absolute Gasteiger partial charge is 0.315 e. The number of thioether (sulfide) groups is 1. The molecule has 1 aromatic rings. The van der Waals surface area contributed by atoms with E-state index in [1.54, 1.807) is 4.90 Å². The summed E-state index contributed by atoms with van der Waals surface area (Å²) in [4.78, 5) is 40.7. The molecule has 0 saturated carbocycles. The van der Waals surface area contributed by atoms with E-state index >= 15 is 0 Å². The molecule has 0 aliphatic carbocycles. The minimum Gasteiger partial charge on any atom is -0.342 e. The van der Waals surface area contributed by atoms with E-state index in [1.807, 2.05) is 16.7 Å². The molecule has 4 amide bonds. The number of amides is 4. The van der Waals surface area contributed by atoms with E-state index in [9.17, 15) is 23.2 Å². The van der Waals surface area contributed by atoms with Gasteiger partial charge in [-0.25, -0.2) is 13.6 Å². The maximum Gasteiger partial charge on any atom is 0.315 e. The number of rotatable bonds is 6. The molecule has 4 saturated heterocycles. The molecule has 3 unspecified atom stereocenters. The Kier molecular flexibility index (Phi) is 7.16. The van der Waals surface area contributed by atoms with Crippen molar-refractivity contribution in [2.24, 2.45) is 5.41 Å². The van der Waals surface area contributed by atoms with Gasteiger partial charge in [-0.15, -0.1) is 0 Å². The van der Waals surface area contributed by atoms with E-state index < -0.39 is 23.1 Å². The number of urea groups is 1. The number of nitrogens with zero attached hydrogens (tertiary/aromatic N) is 2. The number of hydrogen-bond donors (Lipinski definition) is 2. The van der Waals surface area contributed by atoms with Crippen LogP contribution in [0.25, 0.3) is 0 Å². The summed E-state index contributed by atoms with van der Waals surface area (Å²) in [6.45, 7) is 3.84. The van der Waals surface area contributed by atoms with Gasteiger partial charge >= 0.3 is 6.03 Å². The van der Waals surface area contributed by atoms with Gasteiger partial charge in [-0.05, 0) is 56.1 Å². The summed E-state index contributed by atoms with van der Waals surface area (Å²) in [6.07, 6.45) is 5.71. The quantitative estimate of drug-likeness (QED) is 0.445. The maximum absolute atomic E-state index is 14.4. The Balaban J connectivity index is 1.06. The zero-order valence-corrected chi connectivity index (χ0v) is 21.5. The molecular formula is C26H34F2N4O3S. The summed E-state index contributed by atoms with van der Waals surface area (Å²) in [5, 5.41) is 6.38. The molecule has 3 atom stereocenters. The van der Waals surface area contributed by atoms with Gasteiger partial charge in [0, 0.05) is 43.6 Å². The van der Waals surface area contributed by atoms with Crippen LogP contribution in [-0.4, -0.2) is 76.9 Å². The highest BCUT2D eigenvalue weighted by Gasteiger charge is 2.44. The Hall–Kier alpha value is -2.36. The van der Waals surface area contributed by atoms with Crippen molar-refractivity contribution in [3.63, 3.8) is 0 Å². The highest BCUT2D eigenvalue weighted by molar-refractivity contribution is 8.00. The SMILES string of the molecule is Cc1ccc(F)c(C(=O)N2CCC3(CCN(C(=O)CCCCC4SCC5NC(=O)NC54)C3)CC2)c1F. The molecule has 4 aliphatic rings. The van der Waals surface area contributed by atoms with Crippen LogP contribution in [0.4, 0.5) is 13.6 Å². The largest absolute Gasteiger partial charge is 0.342 e. The average Bonchev–Trinajstić information content (AvgIpc) is 3.55. The van der Waals surface area contributed by atoms with Gasteiger partial charge in [-0.1, -0.05) is 12.5 Å². The second kappa shape index (κ2) is 10.2. The van der Waals surface area contributed by atoms with E-state index in [0.29, 0.717) is 31.3 Å². The molecule has 1 aromatic carbocycles. The highest BCUT2D eigenvalue weighted by atomic mass is 32.2. The van der Waals surface area contributed by atoms with Crippen LogP contribution in [0.2, 0.25) is 0 Å². The molecule has 4 heterocycles. The van der Waals surface area contributed by atoms with Crippen molar-refractivity contribution >= 4 is 29.6 Å². The number of carbonyl (C=O) groups excluding carboxylic acids is 3. The van der Waals surface area contributed by atoms with E-state index in [1.165, 1.54) is 13.0 Å². The molecule has 196 valence electrons. The predicted molar refractivity (Wildman–Crippen MR) is 134 cm³/mol. The third kappa shape index (κ3) is 4.93. The summed E-state index contributed by atoms with van der Waals surface area (Å²) < 4.78 is 28.6. The Morgan fingerprint density at radius 2 is 1.81 bits per heavy atom. The first-order valence-corrected chi connectivity index (χ1v) is 14.0. The Labute approximate surface area is 214 Å². The van der Waals surface area contributed by atoms with Gasteiger partial charge in [0.05, 0.1) is 12.1 Å². The number of likely N-dealkylation sites (tertiary alicyclic amines) is 2. The molecule has 36 heavy (non-hydrogen) atoms. The fraction of sp³-hybridized carbons (Fsp3) is 0.654. The topological polar surface area (TPSA) is 81.8 Å². The van der Waals surface area contributed by atoms with Gasteiger partial charge in [-0.3, -0.25) is 9.59 Å². The third-order valence-electron chi connectivity index (χ3n) is 8.47. The molecule has 10 heteroatoms. The molecule has 1 spiro atoms. The van der Waals surface area contributed by atoms with Crippen molar-refractivity contribution in [2.45, 2.75) is 69.2 Å². The van der Waals surface area contributed by atoms with Gasteiger partial charge in [0.2, 0.25) is 5.91 Å². The first-order chi connectivity index (χ1) is 17.3. The molecular weight excluding hydrogens is 486 g/mol. The number of carbonyl (C=O) groups is 3. The second-order valence-corrected chi connectivity index (χ2v) is 12.1. The predicted octanol–water partition coefficient (Wildman–Crippen LogP) is 3.45. The number of aryl methyl sites for hydroxylation is 1. The van der Waals surface area contributed by atoms with Crippen LogP contribution in [0.15, 0.2) is 12.1 Å². The number of unbranched alkanes of at least 4 members (excludes halogenated alkanes) is 1. The lowest BCUT2D eigenvalue weighted by molar-refractivity contribution is -0.130. The number of benzene rings is 1. The first-order valence-electron chi connectivity index (χ1n) is 13.0. The van der Waals surface area contributed by atoms with E-state index in [-0.39, 0.29) is 35.0 Å². The van der Waals surface area contributed by atoms with E-state index in [4.69, 9.17) is 0 Å². The van der Waals surface area contributed by atoms with Crippen LogP contribution in [0.3, 0.4) is 0 Å². The summed E-state index contributed by atoms with van der Waals surface area (Å²) >= 11 is 1.90. The molecule has 5 rings (SSSR count). The number of hydrogen-bond acceptors (Lipinski definition) is 4. The van der Waals surface area contributed by atoms with Crippen molar-refractivity contribution < 1.29 is 23.2 Å². The standard InChI is InChI=1S/C26H34F2N4O3S/c1-16-6-7-17(27)21(22(16)28)24(34)31-11-8-26(9-12-31)10-13-32(15-26)20(33)5-3-2-4-19-23-18(14-36-19)29-25(35)30-23/h6-7,18-19,23H,2-5,8-15H2,1H3,(H2,29,30,35). The second-order valence-electron chi connectivity index (χ2n) is 10.8. The van der Waals surface area contributed by atoms with Gasteiger partial charge in [0.25, 0.3) is 5.91 Å². The summed E-state index contributed by atoms with van der Waals surface area (Å²) in [5.74, 6) is -1.07. The van der Waals surface area contributed by atoms with Crippen LogP contribution in [-0.2, 0) is 4.79 Å². The molecule has 7 nitrogen and oxygen atoms in total. The van der Waals surface area contributed by atoms with E-state index in [2.05, 4.69) is 10.6 Å². The van der Waals surface area contributed by atoms with Crippen molar-refractivity contribution in [3.05, 3.63) is 34.9 Å². The number of piperidine rings is 1. The summed E-state index contributed by atoms with van der Waals surface area (Å²) in [7, 11) is 0. The van der Waals surface area contributed by atoms with Crippen molar-refractivity contribution in [1.82, 2.24) is 20.4 Å². The Morgan fingerprint density at radius 1 is 1.08 bits per heavy atom. The highest BCUT2D eigenvalue weighted by Crippen LogP contribution is 2.41. The fourth-order valence-corrected chi connectivity index (χ4v) is 7.72. The van der Waals surface area contributed by atoms with Gasteiger partial charge in [0.15, 0.2) is 0 Å². The molecule has 0 aromatic heterocycles. The van der Waals surface area contributed by atoms with E-state index in [0.717, 1.165) is 56.9 Å².